The number of H-pyrrole nitrogens is 1. The summed E-state index contributed by atoms with van der Waals surface area (Å²) >= 11 is 0. The third-order valence-electron chi connectivity index (χ3n) is 6.91. The van der Waals surface area contributed by atoms with Crippen LogP contribution in [0.4, 0.5) is 0 Å². The van der Waals surface area contributed by atoms with Crippen molar-refractivity contribution in [2.24, 2.45) is 0 Å². The maximum absolute atomic E-state index is 12.9. The predicted octanol–water partition coefficient (Wildman–Crippen LogP) is 1.25. The van der Waals surface area contributed by atoms with Gasteiger partial charge in [-0.15, -0.1) is 0 Å². The maximum atomic E-state index is 12.9. The van der Waals surface area contributed by atoms with Gasteiger partial charge >= 0.3 is 5.69 Å². The average Bonchev–Trinajstić information content (AvgIpc) is 3.03. The molecule has 0 bridgehead atoms. The molecule has 1 aromatic heterocycles. The van der Waals surface area contributed by atoms with Gasteiger partial charge in [0.05, 0.1) is 13.0 Å². The Hall–Kier alpha value is -2.57. The van der Waals surface area contributed by atoms with E-state index >= 15 is 0 Å². The molecule has 192 valence electrons. The Morgan fingerprint density at radius 3 is 2.46 bits per heavy atom. The van der Waals surface area contributed by atoms with Gasteiger partial charge in [0, 0.05) is 18.8 Å². The summed E-state index contributed by atoms with van der Waals surface area (Å²) in [5.41, 5.74) is -2.38. The van der Waals surface area contributed by atoms with Crippen LogP contribution >= 0.6 is 0 Å². The number of nitrogens with one attached hydrogen (secondary N) is 2. The van der Waals surface area contributed by atoms with Crippen molar-refractivity contribution in [1.29, 1.82) is 0 Å². The first-order valence-corrected chi connectivity index (χ1v) is 14.5. The summed E-state index contributed by atoms with van der Waals surface area (Å²) in [5.74, 6) is -0.461. The van der Waals surface area contributed by atoms with Gasteiger partial charge in [0.15, 0.2) is 14.5 Å². The van der Waals surface area contributed by atoms with E-state index in [1.165, 1.54) is 6.20 Å². The normalized spacial score (nSPS) is 24.9. The molecule has 2 aromatic rings. The van der Waals surface area contributed by atoms with Crippen molar-refractivity contribution in [2.45, 2.75) is 75.9 Å². The van der Waals surface area contributed by atoms with Crippen LogP contribution in [-0.4, -0.2) is 58.4 Å². The summed E-state index contributed by atoms with van der Waals surface area (Å²) in [6.07, 6.45) is -2.70. The molecule has 11 heteroatoms. The molecule has 1 amide bonds. The lowest BCUT2D eigenvalue weighted by Gasteiger charge is -2.43. The number of hydrogen-bond donors (Lipinski definition) is 4. The summed E-state index contributed by atoms with van der Waals surface area (Å²) in [5, 5.41) is 24.4. The fourth-order valence-electron chi connectivity index (χ4n) is 3.81. The lowest BCUT2D eigenvalue weighted by atomic mass is 9.88. The number of ether oxygens (including phenoxy) is 1. The summed E-state index contributed by atoms with van der Waals surface area (Å²) in [6, 6.07) is 10.5. The van der Waals surface area contributed by atoms with Crippen LogP contribution in [0.25, 0.3) is 0 Å². The molecule has 0 aliphatic carbocycles. The number of aromatic nitrogens is 2. The van der Waals surface area contributed by atoms with Crippen LogP contribution in [0, 0.1) is 0 Å². The van der Waals surface area contributed by atoms with Crippen molar-refractivity contribution in [2.75, 3.05) is 6.61 Å². The lowest BCUT2D eigenvalue weighted by molar-refractivity contribution is -0.136. The molecule has 3 rings (SSSR count). The standard InChI is InChI=1S/C24H35N3O7Si/c1-23(2,3)35(4,5)34-20-21(27-12-11-18(29)26-22(27)31)33-17(15-28)24(20,32)13-19(30)25-14-16-9-7-6-8-10-16/h6-12,17,20-21,28,32H,13-15H2,1-5H3,(H,25,30)(H,26,29,31)/t17-,20+,21-,24-/m1/s1. The van der Waals surface area contributed by atoms with E-state index in [2.05, 4.69) is 10.3 Å². The van der Waals surface area contributed by atoms with Crippen LogP contribution in [0.15, 0.2) is 52.2 Å². The highest BCUT2D eigenvalue weighted by Crippen LogP contribution is 2.46. The zero-order valence-corrected chi connectivity index (χ0v) is 21.8. The molecule has 0 saturated carbocycles. The first kappa shape index (κ1) is 27.0. The molecule has 2 heterocycles. The number of hydrogen-bond acceptors (Lipinski definition) is 7. The lowest BCUT2D eigenvalue weighted by Crippen LogP contribution is -2.57. The van der Waals surface area contributed by atoms with Gasteiger partial charge in [0.1, 0.15) is 17.8 Å². The van der Waals surface area contributed by atoms with E-state index < -0.39 is 62.5 Å². The average molecular weight is 506 g/mol. The minimum absolute atomic E-state index is 0.261. The summed E-state index contributed by atoms with van der Waals surface area (Å²) < 4.78 is 13.6. The van der Waals surface area contributed by atoms with Gasteiger partial charge in [0.2, 0.25) is 5.91 Å². The molecule has 1 aliphatic rings. The molecule has 10 nitrogen and oxygen atoms in total. The number of nitrogens with zero attached hydrogens (tertiary/aromatic N) is 1. The summed E-state index contributed by atoms with van der Waals surface area (Å²) in [7, 11) is -2.57. The fraction of sp³-hybridized carbons (Fsp3) is 0.542. The monoisotopic (exact) mass is 505 g/mol. The third-order valence-corrected chi connectivity index (χ3v) is 11.4. The Morgan fingerprint density at radius 1 is 1.23 bits per heavy atom. The van der Waals surface area contributed by atoms with Crippen LogP contribution < -0.4 is 16.6 Å². The largest absolute Gasteiger partial charge is 0.406 e. The molecule has 1 aliphatic heterocycles. The molecule has 0 spiro atoms. The quantitative estimate of drug-likeness (QED) is 0.396. The number of aliphatic hydroxyl groups excluding tert-OH is 1. The number of aliphatic hydroxyl groups is 2. The second-order valence-corrected chi connectivity index (χ2v) is 15.2. The van der Waals surface area contributed by atoms with Crippen molar-refractivity contribution in [3.63, 3.8) is 0 Å². The topological polar surface area (TPSA) is 143 Å². The molecular formula is C24H35N3O7Si. The highest BCUT2D eigenvalue weighted by Gasteiger charge is 2.60. The molecule has 0 radical (unpaired) electrons. The molecular weight excluding hydrogens is 470 g/mol. The summed E-state index contributed by atoms with van der Waals surface area (Å²) in [6.45, 7) is 9.66. The van der Waals surface area contributed by atoms with Crippen molar-refractivity contribution in [1.82, 2.24) is 14.9 Å². The van der Waals surface area contributed by atoms with Crippen molar-refractivity contribution >= 4 is 14.2 Å². The van der Waals surface area contributed by atoms with Crippen LogP contribution in [0.3, 0.4) is 0 Å². The van der Waals surface area contributed by atoms with Crippen LogP contribution in [0.1, 0.15) is 39.0 Å². The number of rotatable bonds is 8. The van der Waals surface area contributed by atoms with Crippen LogP contribution in [-0.2, 0) is 20.5 Å². The first-order chi connectivity index (χ1) is 16.3. The molecule has 4 atom stereocenters. The zero-order chi connectivity index (χ0) is 26.0. The minimum atomic E-state index is -2.57. The van der Waals surface area contributed by atoms with Crippen molar-refractivity contribution in [3.8, 4) is 0 Å². The zero-order valence-electron chi connectivity index (χ0n) is 20.8. The van der Waals surface area contributed by atoms with Crippen molar-refractivity contribution in [3.05, 3.63) is 69.0 Å². The van der Waals surface area contributed by atoms with Gasteiger partial charge < -0.3 is 24.7 Å². The van der Waals surface area contributed by atoms with Gasteiger partial charge in [-0.2, -0.15) is 0 Å². The highest BCUT2D eigenvalue weighted by molar-refractivity contribution is 6.74. The van der Waals surface area contributed by atoms with E-state index in [1.54, 1.807) is 0 Å². The maximum Gasteiger partial charge on any atom is 0.330 e. The number of aromatic amines is 1. The second-order valence-electron chi connectivity index (χ2n) is 10.4. The Bertz CT molecular complexity index is 1140. The number of benzene rings is 1. The Balaban J connectivity index is 1.97. The van der Waals surface area contributed by atoms with E-state index in [-0.39, 0.29) is 11.6 Å². The first-order valence-electron chi connectivity index (χ1n) is 11.6. The molecule has 1 fully saturated rings. The predicted molar refractivity (Wildman–Crippen MR) is 132 cm³/mol. The molecule has 1 saturated heterocycles. The molecule has 4 N–H and O–H groups in total. The van der Waals surface area contributed by atoms with Crippen molar-refractivity contribution < 1.29 is 24.2 Å². The van der Waals surface area contributed by atoms with E-state index in [1.807, 2.05) is 64.2 Å². The number of amides is 1. The van der Waals surface area contributed by atoms with E-state index in [9.17, 15) is 24.6 Å². The van der Waals surface area contributed by atoms with E-state index in [4.69, 9.17) is 9.16 Å². The van der Waals surface area contributed by atoms with Gasteiger partial charge in [-0.3, -0.25) is 19.1 Å². The van der Waals surface area contributed by atoms with Crippen LogP contribution in [0.5, 0.6) is 0 Å². The van der Waals surface area contributed by atoms with Gasteiger partial charge in [0.25, 0.3) is 5.56 Å². The number of carbonyl (C=O) groups is 1. The molecule has 1 aromatic carbocycles. The Labute approximate surface area is 205 Å². The second kappa shape index (κ2) is 10.2. The smallest absolute Gasteiger partial charge is 0.330 e. The fourth-order valence-corrected chi connectivity index (χ4v) is 5.12. The van der Waals surface area contributed by atoms with E-state index in [0.29, 0.717) is 0 Å². The highest BCUT2D eigenvalue weighted by atomic mass is 28.4. The van der Waals surface area contributed by atoms with Crippen LogP contribution in [0.2, 0.25) is 18.1 Å². The third kappa shape index (κ3) is 5.81. The SMILES string of the molecule is CC(C)(C)[Si](C)(C)O[C@H]1[C@H](n2ccc(=O)[nH]c2=O)O[C@H](CO)[C@]1(O)CC(=O)NCc1ccccc1. The van der Waals surface area contributed by atoms with Gasteiger partial charge in [-0.05, 0) is 23.7 Å². The molecule has 35 heavy (non-hydrogen) atoms. The van der Waals surface area contributed by atoms with Gasteiger partial charge in [-0.1, -0.05) is 51.1 Å². The Morgan fingerprint density at radius 2 is 1.89 bits per heavy atom. The number of carbonyl (C=O) groups excluding carboxylic acids is 1. The van der Waals surface area contributed by atoms with E-state index in [0.717, 1.165) is 16.2 Å². The Kier molecular flexibility index (Phi) is 7.87. The molecule has 0 unspecified atom stereocenters. The van der Waals surface area contributed by atoms with Gasteiger partial charge in [-0.25, -0.2) is 4.79 Å². The minimum Gasteiger partial charge on any atom is -0.406 e. The summed E-state index contributed by atoms with van der Waals surface area (Å²) in [4.78, 5) is 39.3.